The molecular formula is C20H38O4. The van der Waals surface area contributed by atoms with E-state index in [1.54, 1.807) is 0 Å². The minimum absolute atomic E-state index is 0.154. The predicted octanol–water partition coefficient (Wildman–Crippen LogP) is 4.53. The number of ether oxygens (including phenoxy) is 1. The first-order valence-electron chi connectivity index (χ1n) is 9.83. The molecule has 1 atom stereocenters. The van der Waals surface area contributed by atoms with Gasteiger partial charge in [-0.3, -0.25) is 0 Å². The van der Waals surface area contributed by atoms with E-state index in [0.29, 0.717) is 0 Å². The Labute approximate surface area is 148 Å². The number of aliphatic hydroxyl groups is 2. The highest BCUT2D eigenvalue weighted by Crippen LogP contribution is 2.12. The van der Waals surface area contributed by atoms with E-state index in [2.05, 4.69) is 6.92 Å². The number of carbonyl (C=O) groups excluding carboxylic acids is 1. The molecule has 0 amide bonds. The van der Waals surface area contributed by atoms with Gasteiger partial charge in [-0.15, -0.1) is 0 Å². The average molecular weight is 343 g/mol. The Morgan fingerprint density at radius 1 is 0.917 bits per heavy atom. The molecule has 1 unspecified atom stereocenters. The Morgan fingerprint density at radius 2 is 1.42 bits per heavy atom. The molecule has 0 spiro atoms. The molecule has 0 rings (SSSR count). The van der Waals surface area contributed by atoms with Crippen LogP contribution in [0, 0.1) is 0 Å². The van der Waals surface area contributed by atoms with Crippen LogP contribution in [-0.2, 0) is 9.53 Å². The molecule has 4 heteroatoms. The molecule has 4 nitrogen and oxygen atoms in total. The summed E-state index contributed by atoms with van der Waals surface area (Å²) in [6.07, 6.45) is 19.0. The van der Waals surface area contributed by atoms with E-state index in [1.165, 1.54) is 76.7 Å². The van der Waals surface area contributed by atoms with E-state index in [4.69, 9.17) is 14.9 Å². The minimum atomic E-state index is -0.987. The second kappa shape index (κ2) is 18.5. The summed E-state index contributed by atoms with van der Waals surface area (Å²) >= 11 is 0. The zero-order valence-corrected chi connectivity index (χ0v) is 15.5. The van der Waals surface area contributed by atoms with Crippen LogP contribution >= 0.6 is 0 Å². The highest BCUT2D eigenvalue weighted by atomic mass is 16.5. The summed E-state index contributed by atoms with van der Waals surface area (Å²) in [6, 6.07) is 0. The average Bonchev–Trinajstić information content (AvgIpc) is 2.59. The van der Waals surface area contributed by atoms with E-state index in [0.717, 1.165) is 12.8 Å². The highest BCUT2D eigenvalue weighted by Gasteiger charge is 2.04. The van der Waals surface area contributed by atoms with Crippen LogP contribution in [0.1, 0.15) is 90.4 Å². The van der Waals surface area contributed by atoms with Crippen LogP contribution in [0.5, 0.6) is 0 Å². The van der Waals surface area contributed by atoms with Gasteiger partial charge >= 0.3 is 5.97 Å². The van der Waals surface area contributed by atoms with Gasteiger partial charge in [-0.1, -0.05) is 83.6 Å². The van der Waals surface area contributed by atoms with E-state index < -0.39 is 18.7 Å². The molecule has 0 aromatic heterocycles. The largest absolute Gasteiger partial charge is 0.460 e. The maximum Gasteiger partial charge on any atom is 0.330 e. The summed E-state index contributed by atoms with van der Waals surface area (Å²) in [5, 5.41) is 17.6. The first-order valence-corrected chi connectivity index (χ1v) is 9.83. The molecule has 142 valence electrons. The standard InChI is InChI=1S/C20H38O4/c1-2-3-4-5-6-7-8-9-10-11-12-13-14-15-16-20(23)24-18-19(22)17-21/h15-16,19,21-22H,2-14,17-18H2,1H3/b16-15+. The van der Waals surface area contributed by atoms with Crippen molar-refractivity contribution >= 4 is 5.97 Å². The lowest BCUT2D eigenvalue weighted by atomic mass is 10.0. The van der Waals surface area contributed by atoms with Gasteiger partial charge in [-0.25, -0.2) is 4.79 Å². The van der Waals surface area contributed by atoms with Gasteiger partial charge in [-0.2, -0.15) is 0 Å². The molecule has 0 heterocycles. The van der Waals surface area contributed by atoms with Crippen molar-refractivity contribution in [3.05, 3.63) is 12.2 Å². The summed E-state index contributed by atoms with van der Waals surface area (Å²) in [5.41, 5.74) is 0. The summed E-state index contributed by atoms with van der Waals surface area (Å²) in [6.45, 7) is 1.71. The fourth-order valence-electron chi connectivity index (χ4n) is 2.56. The van der Waals surface area contributed by atoms with Gasteiger partial charge in [0.2, 0.25) is 0 Å². The van der Waals surface area contributed by atoms with E-state index in [1.807, 2.05) is 6.08 Å². The Balaban J connectivity index is 3.24. The molecular weight excluding hydrogens is 304 g/mol. The van der Waals surface area contributed by atoms with Crippen LogP contribution in [0.25, 0.3) is 0 Å². The first-order chi connectivity index (χ1) is 11.7. The highest BCUT2D eigenvalue weighted by molar-refractivity contribution is 5.81. The lowest BCUT2D eigenvalue weighted by Gasteiger charge is -2.06. The number of aliphatic hydroxyl groups excluding tert-OH is 2. The van der Waals surface area contributed by atoms with Crippen molar-refractivity contribution in [2.75, 3.05) is 13.2 Å². The van der Waals surface area contributed by atoms with E-state index >= 15 is 0 Å². The molecule has 0 aromatic rings. The van der Waals surface area contributed by atoms with Crippen LogP contribution in [-0.4, -0.2) is 35.5 Å². The van der Waals surface area contributed by atoms with Gasteiger partial charge in [0.1, 0.15) is 12.7 Å². The lowest BCUT2D eigenvalue weighted by molar-refractivity contribution is -0.141. The van der Waals surface area contributed by atoms with Crippen LogP contribution in [0.4, 0.5) is 0 Å². The van der Waals surface area contributed by atoms with Crippen molar-refractivity contribution < 1.29 is 19.7 Å². The molecule has 2 N–H and O–H groups in total. The second-order valence-corrected chi connectivity index (χ2v) is 6.55. The number of allylic oxidation sites excluding steroid dienone is 1. The van der Waals surface area contributed by atoms with Crippen LogP contribution in [0.2, 0.25) is 0 Å². The monoisotopic (exact) mass is 342 g/mol. The van der Waals surface area contributed by atoms with Gasteiger partial charge in [-0.05, 0) is 12.8 Å². The predicted molar refractivity (Wildman–Crippen MR) is 98.9 cm³/mol. The molecule has 0 radical (unpaired) electrons. The van der Waals surface area contributed by atoms with Crippen molar-refractivity contribution in [1.82, 2.24) is 0 Å². The molecule has 0 saturated heterocycles. The second-order valence-electron chi connectivity index (χ2n) is 6.55. The van der Waals surface area contributed by atoms with Crippen molar-refractivity contribution in [1.29, 1.82) is 0 Å². The van der Waals surface area contributed by atoms with Crippen molar-refractivity contribution in [3.63, 3.8) is 0 Å². The molecule has 0 aliphatic rings. The van der Waals surface area contributed by atoms with Gasteiger partial charge in [0.25, 0.3) is 0 Å². The number of hydrogen-bond acceptors (Lipinski definition) is 4. The third-order valence-electron chi connectivity index (χ3n) is 4.11. The summed E-state index contributed by atoms with van der Waals surface area (Å²) in [5.74, 6) is -0.457. The molecule has 0 fully saturated rings. The van der Waals surface area contributed by atoms with Gasteiger partial charge in [0.15, 0.2) is 0 Å². The van der Waals surface area contributed by atoms with Crippen LogP contribution in [0.15, 0.2) is 12.2 Å². The Kier molecular flexibility index (Phi) is 17.8. The topological polar surface area (TPSA) is 66.8 Å². The normalized spacial score (nSPS) is 12.6. The van der Waals surface area contributed by atoms with Gasteiger partial charge in [0, 0.05) is 6.08 Å². The Morgan fingerprint density at radius 3 is 1.92 bits per heavy atom. The van der Waals surface area contributed by atoms with E-state index in [9.17, 15) is 4.79 Å². The van der Waals surface area contributed by atoms with Crippen molar-refractivity contribution in [2.45, 2.75) is 96.5 Å². The fourth-order valence-corrected chi connectivity index (χ4v) is 2.56. The zero-order valence-electron chi connectivity index (χ0n) is 15.5. The number of unbranched alkanes of at least 4 members (excludes halogenated alkanes) is 12. The maximum absolute atomic E-state index is 11.3. The molecule has 0 aliphatic heterocycles. The van der Waals surface area contributed by atoms with E-state index in [-0.39, 0.29) is 6.61 Å². The number of carbonyl (C=O) groups is 1. The summed E-state index contributed by atoms with van der Waals surface area (Å²) in [4.78, 5) is 11.3. The Hall–Kier alpha value is -0.870. The van der Waals surface area contributed by atoms with Crippen LogP contribution in [0.3, 0.4) is 0 Å². The molecule has 0 bridgehead atoms. The summed E-state index contributed by atoms with van der Waals surface area (Å²) < 4.78 is 4.77. The summed E-state index contributed by atoms with van der Waals surface area (Å²) in [7, 11) is 0. The third-order valence-corrected chi connectivity index (χ3v) is 4.11. The minimum Gasteiger partial charge on any atom is -0.460 e. The number of esters is 1. The molecule has 24 heavy (non-hydrogen) atoms. The fraction of sp³-hybridized carbons (Fsp3) is 0.850. The van der Waals surface area contributed by atoms with Gasteiger partial charge < -0.3 is 14.9 Å². The molecule has 0 aliphatic carbocycles. The maximum atomic E-state index is 11.3. The van der Waals surface area contributed by atoms with Crippen molar-refractivity contribution in [3.8, 4) is 0 Å². The zero-order chi connectivity index (χ0) is 17.9. The number of rotatable bonds is 17. The van der Waals surface area contributed by atoms with Crippen LogP contribution < -0.4 is 0 Å². The Bertz CT molecular complexity index is 302. The SMILES string of the molecule is CCCCCCCCCCCCCC/C=C/C(=O)OCC(O)CO. The lowest BCUT2D eigenvalue weighted by Crippen LogP contribution is -2.21. The number of hydrogen-bond donors (Lipinski definition) is 2. The quantitative estimate of drug-likeness (QED) is 0.231. The first kappa shape index (κ1) is 23.1. The van der Waals surface area contributed by atoms with Gasteiger partial charge in [0.05, 0.1) is 6.61 Å². The molecule has 0 saturated carbocycles. The smallest absolute Gasteiger partial charge is 0.330 e. The third kappa shape index (κ3) is 17.5. The van der Waals surface area contributed by atoms with Crippen molar-refractivity contribution in [2.24, 2.45) is 0 Å². The molecule has 0 aromatic carbocycles.